The molecule has 1 fully saturated rings. The molecule has 1 aliphatic rings. The summed E-state index contributed by atoms with van der Waals surface area (Å²) in [5.74, 6) is 0.934. The summed E-state index contributed by atoms with van der Waals surface area (Å²) in [4.78, 5) is 21.5. The maximum Gasteiger partial charge on any atom is 0.275 e. The number of nitrogens with one attached hydrogen (secondary N) is 1. The molecule has 3 heterocycles. The van der Waals surface area contributed by atoms with Crippen molar-refractivity contribution < 1.29 is 4.79 Å². The van der Waals surface area contributed by atoms with Gasteiger partial charge in [-0.15, -0.1) is 0 Å². The quantitative estimate of drug-likeness (QED) is 0.799. The SMILES string of the molecule is CN(C(=O)c1n[nH]c2ccccc12)[C@H]1CCCN(c2ccccn2)C1. The van der Waals surface area contributed by atoms with Crippen molar-refractivity contribution in [2.45, 2.75) is 18.9 Å². The van der Waals surface area contributed by atoms with Gasteiger partial charge in [-0.1, -0.05) is 24.3 Å². The molecule has 0 spiro atoms. The molecule has 0 unspecified atom stereocenters. The van der Waals surface area contributed by atoms with Crippen molar-refractivity contribution in [1.82, 2.24) is 20.1 Å². The first kappa shape index (κ1) is 15.6. The molecule has 25 heavy (non-hydrogen) atoms. The third kappa shape index (κ3) is 2.95. The van der Waals surface area contributed by atoms with E-state index in [0.29, 0.717) is 5.69 Å². The van der Waals surface area contributed by atoms with Crippen LogP contribution in [0.3, 0.4) is 0 Å². The van der Waals surface area contributed by atoms with Gasteiger partial charge in [0.1, 0.15) is 5.82 Å². The maximum absolute atomic E-state index is 13.0. The molecule has 4 rings (SSSR count). The monoisotopic (exact) mass is 335 g/mol. The summed E-state index contributed by atoms with van der Waals surface area (Å²) < 4.78 is 0. The van der Waals surface area contributed by atoms with Crippen LogP contribution in [0.2, 0.25) is 0 Å². The van der Waals surface area contributed by atoms with Crippen LogP contribution in [0.25, 0.3) is 10.9 Å². The lowest BCUT2D eigenvalue weighted by molar-refractivity contribution is 0.0713. The van der Waals surface area contributed by atoms with E-state index in [0.717, 1.165) is 42.7 Å². The second-order valence-corrected chi connectivity index (χ2v) is 6.46. The molecule has 0 aliphatic carbocycles. The van der Waals surface area contributed by atoms with Crippen LogP contribution < -0.4 is 4.90 Å². The largest absolute Gasteiger partial charge is 0.355 e. The van der Waals surface area contributed by atoms with Gasteiger partial charge in [0.2, 0.25) is 0 Å². The Morgan fingerprint density at radius 3 is 2.92 bits per heavy atom. The Hall–Kier alpha value is -2.89. The van der Waals surface area contributed by atoms with Crippen molar-refractivity contribution in [1.29, 1.82) is 0 Å². The van der Waals surface area contributed by atoms with Gasteiger partial charge in [-0.3, -0.25) is 9.89 Å². The fraction of sp³-hybridized carbons (Fsp3) is 0.316. The Labute approximate surface area is 146 Å². The van der Waals surface area contributed by atoms with Crippen LogP contribution in [0.1, 0.15) is 23.3 Å². The lowest BCUT2D eigenvalue weighted by atomic mass is 10.0. The van der Waals surface area contributed by atoms with E-state index in [2.05, 4.69) is 20.1 Å². The van der Waals surface area contributed by atoms with E-state index < -0.39 is 0 Å². The third-order valence-corrected chi connectivity index (χ3v) is 4.91. The molecule has 1 amide bonds. The Morgan fingerprint density at radius 1 is 1.24 bits per heavy atom. The van der Waals surface area contributed by atoms with Crippen molar-refractivity contribution in [2.24, 2.45) is 0 Å². The minimum Gasteiger partial charge on any atom is -0.355 e. The van der Waals surface area contributed by atoms with E-state index in [1.54, 1.807) is 0 Å². The number of aromatic nitrogens is 3. The van der Waals surface area contributed by atoms with E-state index in [1.165, 1.54) is 0 Å². The Morgan fingerprint density at radius 2 is 2.08 bits per heavy atom. The van der Waals surface area contributed by atoms with Gasteiger partial charge in [-0.05, 0) is 31.0 Å². The number of fused-ring (bicyclic) bond motifs is 1. The normalized spacial score (nSPS) is 17.6. The van der Waals surface area contributed by atoms with E-state index >= 15 is 0 Å². The molecule has 6 heteroatoms. The summed E-state index contributed by atoms with van der Waals surface area (Å²) in [6.45, 7) is 1.77. The number of carbonyl (C=O) groups excluding carboxylic acids is 1. The number of pyridine rings is 1. The van der Waals surface area contributed by atoms with Crippen LogP contribution in [0.4, 0.5) is 5.82 Å². The first-order valence-electron chi connectivity index (χ1n) is 8.60. The molecule has 1 atom stereocenters. The maximum atomic E-state index is 13.0. The van der Waals surface area contributed by atoms with Crippen LogP contribution in [0.15, 0.2) is 48.7 Å². The first-order chi connectivity index (χ1) is 12.2. The number of para-hydroxylation sites is 1. The number of aromatic amines is 1. The Bertz CT molecular complexity index is 876. The summed E-state index contributed by atoms with van der Waals surface area (Å²) >= 11 is 0. The van der Waals surface area contributed by atoms with Gasteiger partial charge < -0.3 is 9.80 Å². The Kier molecular flexibility index (Phi) is 4.09. The van der Waals surface area contributed by atoms with Crippen LogP contribution in [0, 0.1) is 0 Å². The molecule has 128 valence electrons. The highest BCUT2D eigenvalue weighted by Crippen LogP contribution is 2.23. The fourth-order valence-electron chi connectivity index (χ4n) is 3.48. The average molecular weight is 335 g/mol. The highest BCUT2D eigenvalue weighted by atomic mass is 16.2. The van der Waals surface area contributed by atoms with Crippen LogP contribution in [-0.2, 0) is 0 Å². The topological polar surface area (TPSA) is 65.1 Å². The second kappa shape index (κ2) is 6.55. The van der Waals surface area contributed by atoms with E-state index in [4.69, 9.17) is 0 Å². The van der Waals surface area contributed by atoms with Crippen molar-refractivity contribution in [3.8, 4) is 0 Å². The van der Waals surface area contributed by atoms with Gasteiger partial charge in [0.15, 0.2) is 5.69 Å². The van der Waals surface area contributed by atoms with E-state index in [9.17, 15) is 4.79 Å². The van der Waals surface area contributed by atoms with Crippen molar-refractivity contribution in [3.63, 3.8) is 0 Å². The van der Waals surface area contributed by atoms with Gasteiger partial charge in [-0.25, -0.2) is 4.98 Å². The highest BCUT2D eigenvalue weighted by molar-refractivity contribution is 6.04. The third-order valence-electron chi connectivity index (χ3n) is 4.91. The summed E-state index contributed by atoms with van der Waals surface area (Å²) in [6, 6.07) is 13.8. The zero-order valence-corrected chi connectivity index (χ0v) is 14.2. The van der Waals surface area contributed by atoms with Crippen LogP contribution in [-0.4, -0.2) is 52.2 Å². The van der Waals surface area contributed by atoms with E-state index in [1.807, 2.05) is 60.6 Å². The molecule has 6 nitrogen and oxygen atoms in total. The van der Waals surface area contributed by atoms with Gasteiger partial charge in [0.05, 0.1) is 5.52 Å². The molecular formula is C19H21N5O. The Balaban J connectivity index is 1.53. The predicted molar refractivity (Wildman–Crippen MR) is 97.7 cm³/mol. The number of carbonyl (C=O) groups is 1. The van der Waals surface area contributed by atoms with Gasteiger partial charge in [-0.2, -0.15) is 5.10 Å². The number of H-pyrrole nitrogens is 1. The van der Waals surface area contributed by atoms with Gasteiger partial charge in [0.25, 0.3) is 5.91 Å². The molecule has 2 aromatic heterocycles. The van der Waals surface area contributed by atoms with Crippen LogP contribution >= 0.6 is 0 Å². The zero-order valence-electron chi connectivity index (χ0n) is 14.2. The van der Waals surface area contributed by atoms with E-state index in [-0.39, 0.29) is 11.9 Å². The van der Waals surface area contributed by atoms with Crippen LogP contribution in [0.5, 0.6) is 0 Å². The molecular weight excluding hydrogens is 314 g/mol. The number of anilines is 1. The molecule has 3 aromatic rings. The molecule has 1 aliphatic heterocycles. The number of piperidine rings is 1. The number of amides is 1. The number of hydrogen-bond donors (Lipinski definition) is 1. The molecule has 1 N–H and O–H groups in total. The molecule has 1 saturated heterocycles. The lowest BCUT2D eigenvalue weighted by Crippen LogP contribution is -2.49. The number of rotatable bonds is 3. The summed E-state index contributed by atoms with van der Waals surface area (Å²) in [5.41, 5.74) is 1.38. The molecule has 0 radical (unpaired) electrons. The molecule has 0 saturated carbocycles. The summed E-state index contributed by atoms with van der Waals surface area (Å²) in [7, 11) is 1.87. The zero-order chi connectivity index (χ0) is 17.2. The predicted octanol–water partition coefficient (Wildman–Crippen LogP) is 2.70. The smallest absolute Gasteiger partial charge is 0.275 e. The minimum absolute atomic E-state index is 0.0367. The summed E-state index contributed by atoms with van der Waals surface area (Å²) in [5, 5.41) is 8.06. The fourth-order valence-corrected chi connectivity index (χ4v) is 3.48. The second-order valence-electron chi connectivity index (χ2n) is 6.46. The number of likely N-dealkylation sites (N-methyl/N-ethyl adjacent to an activating group) is 1. The number of benzene rings is 1. The van der Waals surface area contributed by atoms with Gasteiger partial charge in [0, 0.05) is 37.8 Å². The van der Waals surface area contributed by atoms with Crippen molar-refractivity contribution in [3.05, 3.63) is 54.4 Å². The first-order valence-corrected chi connectivity index (χ1v) is 8.60. The number of hydrogen-bond acceptors (Lipinski definition) is 4. The standard InChI is InChI=1S/C19H21N5O/c1-23(19(25)18-15-8-2-3-9-16(15)21-22-18)14-7-6-12-24(13-14)17-10-4-5-11-20-17/h2-5,8-11,14H,6-7,12-13H2,1H3,(H,21,22)/t14-/m0/s1. The van der Waals surface area contributed by atoms with Crippen molar-refractivity contribution in [2.75, 3.05) is 25.0 Å². The molecule has 0 bridgehead atoms. The lowest BCUT2D eigenvalue weighted by Gasteiger charge is -2.38. The highest BCUT2D eigenvalue weighted by Gasteiger charge is 2.29. The van der Waals surface area contributed by atoms with Crippen molar-refractivity contribution >= 4 is 22.6 Å². The minimum atomic E-state index is -0.0367. The van der Waals surface area contributed by atoms with Gasteiger partial charge >= 0.3 is 0 Å². The summed E-state index contributed by atoms with van der Waals surface area (Å²) in [6.07, 6.45) is 3.85. The molecule has 1 aromatic carbocycles. The average Bonchev–Trinajstić information content (AvgIpc) is 3.12. The number of nitrogens with zero attached hydrogens (tertiary/aromatic N) is 4.